The fraction of sp³-hybridized carbons (Fsp3) is 0.556. The Kier molecular flexibility index (Phi) is 5.59. The monoisotopic (exact) mass is 184 g/mol. The van der Waals surface area contributed by atoms with Gasteiger partial charge in [0.15, 0.2) is 0 Å². The highest BCUT2D eigenvalue weighted by Gasteiger charge is 2.05. The molecule has 0 unspecified atom stereocenters. The number of hydrogen-bond acceptors (Lipinski definition) is 2. The number of hydrogen-bond donors (Lipinski definition) is 2. The number of urea groups is 1. The van der Waals surface area contributed by atoms with Gasteiger partial charge in [0.05, 0.1) is 0 Å². The molecule has 0 rings (SSSR count). The second-order valence-electron chi connectivity index (χ2n) is 2.53. The number of nitrogens with one attached hydrogen (secondary N) is 2. The third kappa shape index (κ3) is 3.73. The smallest absolute Gasteiger partial charge is 0.318 e. The summed E-state index contributed by atoms with van der Waals surface area (Å²) >= 11 is 0. The molecule has 2 amide bonds. The van der Waals surface area contributed by atoms with Gasteiger partial charge in [0.25, 0.3) is 0 Å². The summed E-state index contributed by atoms with van der Waals surface area (Å²) in [7, 11) is 1.54. The first-order chi connectivity index (χ1) is 6.19. The zero-order valence-electron chi connectivity index (χ0n) is 8.31. The Morgan fingerprint density at radius 2 is 1.92 bits per heavy atom. The van der Waals surface area contributed by atoms with Gasteiger partial charge in [-0.1, -0.05) is 13.8 Å². The Labute approximate surface area is 78.4 Å². The van der Waals surface area contributed by atoms with Crippen LogP contribution in [0.3, 0.4) is 0 Å². The van der Waals surface area contributed by atoms with E-state index in [0.29, 0.717) is 24.1 Å². The number of rotatable bonds is 4. The fourth-order valence-corrected chi connectivity index (χ4v) is 0.963. The van der Waals surface area contributed by atoms with E-state index in [4.69, 9.17) is 0 Å². The first kappa shape index (κ1) is 11.7. The molecule has 0 radical (unpaired) electrons. The van der Waals surface area contributed by atoms with Crippen molar-refractivity contribution in [1.29, 1.82) is 0 Å². The molecule has 0 aromatic heterocycles. The van der Waals surface area contributed by atoms with Gasteiger partial charge in [-0.25, -0.2) is 4.79 Å². The van der Waals surface area contributed by atoms with Crippen LogP contribution < -0.4 is 10.6 Å². The van der Waals surface area contributed by atoms with Crippen LogP contribution in [0.2, 0.25) is 0 Å². The van der Waals surface area contributed by atoms with Crippen molar-refractivity contribution in [2.24, 2.45) is 0 Å². The fourth-order valence-electron chi connectivity index (χ4n) is 0.963. The van der Waals surface area contributed by atoms with Crippen LogP contribution in [0.4, 0.5) is 4.79 Å². The quantitative estimate of drug-likeness (QED) is 0.509. The average molecular weight is 184 g/mol. The zero-order valence-corrected chi connectivity index (χ0v) is 8.31. The molecule has 0 aliphatic heterocycles. The molecule has 0 bridgehead atoms. The van der Waals surface area contributed by atoms with Gasteiger partial charge in [-0.15, -0.1) is 0 Å². The standard InChI is InChI=1S/C9H16N2O2/c1-4-7(6-12)8(5-2)11-9(13)10-3/h6H,4-5H2,1-3H3,(H2,10,11,13)/b8-7-. The van der Waals surface area contributed by atoms with Gasteiger partial charge in [-0.05, 0) is 12.8 Å². The molecule has 74 valence electrons. The van der Waals surface area contributed by atoms with Crippen molar-refractivity contribution in [1.82, 2.24) is 10.6 Å². The lowest BCUT2D eigenvalue weighted by atomic mass is 10.1. The van der Waals surface area contributed by atoms with Crippen LogP contribution in [0.5, 0.6) is 0 Å². The lowest BCUT2D eigenvalue weighted by molar-refractivity contribution is -0.105. The van der Waals surface area contributed by atoms with Gasteiger partial charge >= 0.3 is 6.03 Å². The molecule has 4 heteroatoms. The minimum Gasteiger partial charge on any atom is -0.341 e. The molecule has 0 aliphatic rings. The molecule has 0 saturated heterocycles. The van der Waals surface area contributed by atoms with Crippen molar-refractivity contribution in [3.63, 3.8) is 0 Å². The second-order valence-corrected chi connectivity index (χ2v) is 2.53. The van der Waals surface area contributed by atoms with Crippen molar-refractivity contribution in [2.75, 3.05) is 7.05 Å². The molecule has 13 heavy (non-hydrogen) atoms. The summed E-state index contributed by atoms with van der Waals surface area (Å²) in [6.45, 7) is 3.77. The summed E-state index contributed by atoms with van der Waals surface area (Å²) < 4.78 is 0. The Morgan fingerprint density at radius 3 is 2.23 bits per heavy atom. The highest BCUT2D eigenvalue weighted by atomic mass is 16.2. The normalized spacial score (nSPS) is 11.6. The van der Waals surface area contributed by atoms with E-state index in [1.165, 1.54) is 7.05 Å². The first-order valence-corrected chi connectivity index (χ1v) is 4.35. The van der Waals surface area contributed by atoms with E-state index in [9.17, 15) is 9.59 Å². The molecule has 0 aliphatic carbocycles. The van der Waals surface area contributed by atoms with E-state index in [1.807, 2.05) is 13.8 Å². The van der Waals surface area contributed by atoms with Crippen LogP contribution in [0.15, 0.2) is 11.3 Å². The van der Waals surface area contributed by atoms with Crippen LogP contribution >= 0.6 is 0 Å². The number of allylic oxidation sites excluding steroid dienone is 2. The molecule has 0 fully saturated rings. The van der Waals surface area contributed by atoms with Gasteiger partial charge < -0.3 is 10.6 Å². The van der Waals surface area contributed by atoms with Crippen molar-refractivity contribution in [3.8, 4) is 0 Å². The predicted molar refractivity (Wildman–Crippen MR) is 51.3 cm³/mol. The minimum absolute atomic E-state index is 0.287. The summed E-state index contributed by atoms with van der Waals surface area (Å²) in [5.41, 5.74) is 1.34. The summed E-state index contributed by atoms with van der Waals surface area (Å²) in [6.07, 6.45) is 2.07. The summed E-state index contributed by atoms with van der Waals surface area (Å²) in [5, 5.41) is 5.05. The first-order valence-electron chi connectivity index (χ1n) is 4.35. The van der Waals surface area contributed by atoms with Crippen LogP contribution in [0, 0.1) is 0 Å². The lowest BCUT2D eigenvalue weighted by Gasteiger charge is -2.09. The van der Waals surface area contributed by atoms with E-state index in [2.05, 4.69) is 10.6 Å². The van der Waals surface area contributed by atoms with Crippen LogP contribution in [-0.2, 0) is 4.79 Å². The topological polar surface area (TPSA) is 58.2 Å². The Balaban J connectivity index is 4.55. The lowest BCUT2D eigenvalue weighted by Crippen LogP contribution is -2.32. The number of aldehydes is 1. The Morgan fingerprint density at radius 1 is 1.31 bits per heavy atom. The predicted octanol–water partition coefficient (Wildman–Crippen LogP) is 1.19. The van der Waals surface area contributed by atoms with Crippen molar-refractivity contribution in [2.45, 2.75) is 26.7 Å². The average Bonchev–Trinajstić information content (AvgIpc) is 2.17. The number of carbonyl (C=O) groups excluding carboxylic acids is 2. The van der Waals surface area contributed by atoms with Crippen LogP contribution in [0.1, 0.15) is 26.7 Å². The SMILES string of the molecule is CC/C(C=O)=C(\CC)NC(=O)NC. The van der Waals surface area contributed by atoms with Crippen molar-refractivity contribution >= 4 is 12.3 Å². The maximum absolute atomic E-state index is 10.9. The third-order valence-electron chi connectivity index (χ3n) is 1.76. The summed E-state index contributed by atoms with van der Waals surface area (Å²) in [4.78, 5) is 21.5. The van der Waals surface area contributed by atoms with Gasteiger partial charge in [0.1, 0.15) is 6.29 Å². The van der Waals surface area contributed by atoms with Gasteiger partial charge in [-0.3, -0.25) is 4.79 Å². The number of amides is 2. The van der Waals surface area contributed by atoms with E-state index in [1.54, 1.807) is 0 Å². The largest absolute Gasteiger partial charge is 0.341 e. The van der Waals surface area contributed by atoms with E-state index >= 15 is 0 Å². The van der Waals surface area contributed by atoms with Gasteiger partial charge in [0.2, 0.25) is 0 Å². The van der Waals surface area contributed by atoms with Gasteiger partial charge in [0, 0.05) is 18.3 Å². The molecule has 0 heterocycles. The van der Waals surface area contributed by atoms with Crippen LogP contribution in [-0.4, -0.2) is 19.4 Å². The Bertz CT molecular complexity index is 222. The minimum atomic E-state index is -0.287. The van der Waals surface area contributed by atoms with E-state index in [0.717, 1.165) is 6.29 Å². The molecular formula is C9H16N2O2. The van der Waals surface area contributed by atoms with Crippen molar-refractivity contribution in [3.05, 3.63) is 11.3 Å². The summed E-state index contributed by atoms with van der Waals surface area (Å²) in [5.74, 6) is 0. The molecule has 0 saturated carbocycles. The molecule has 0 aromatic carbocycles. The molecule has 0 spiro atoms. The highest BCUT2D eigenvalue weighted by Crippen LogP contribution is 2.06. The maximum atomic E-state index is 10.9. The van der Waals surface area contributed by atoms with Crippen LogP contribution in [0.25, 0.3) is 0 Å². The highest BCUT2D eigenvalue weighted by molar-refractivity contribution is 5.80. The molecule has 4 nitrogen and oxygen atoms in total. The molecule has 0 atom stereocenters. The van der Waals surface area contributed by atoms with Gasteiger partial charge in [-0.2, -0.15) is 0 Å². The number of carbonyl (C=O) groups is 2. The van der Waals surface area contributed by atoms with E-state index in [-0.39, 0.29) is 6.03 Å². The maximum Gasteiger partial charge on any atom is 0.318 e. The third-order valence-corrected chi connectivity index (χ3v) is 1.76. The second kappa shape index (κ2) is 6.22. The zero-order chi connectivity index (χ0) is 10.3. The summed E-state index contributed by atoms with van der Waals surface area (Å²) in [6, 6.07) is -0.287. The van der Waals surface area contributed by atoms with Crippen molar-refractivity contribution < 1.29 is 9.59 Å². The molecule has 0 aromatic rings. The molecular weight excluding hydrogens is 168 g/mol. The van der Waals surface area contributed by atoms with E-state index < -0.39 is 0 Å². The Hall–Kier alpha value is -1.32. The molecule has 2 N–H and O–H groups in total.